The van der Waals surface area contributed by atoms with Crippen LogP contribution in [0.15, 0.2) is 17.3 Å². The van der Waals surface area contributed by atoms with E-state index in [1.807, 2.05) is 0 Å². The minimum absolute atomic E-state index is 0.272. The summed E-state index contributed by atoms with van der Waals surface area (Å²) in [5, 5.41) is 6.30. The van der Waals surface area contributed by atoms with Gasteiger partial charge >= 0.3 is 0 Å². The van der Waals surface area contributed by atoms with Crippen molar-refractivity contribution < 1.29 is 8.42 Å². The number of aromatic nitrogens is 2. The Hall–Kier alpha value is -0.920. The zero-order valence-electron chi connectivity index (χ0n) is 11.7. The number of nitrogens with one attached hydrogen (secondary N) is 1. The largest absolute Gasteiger partial charge is 0.300 e. The Kier molecular flexibility index (Phi) is 4.09. The second kappa shape index (κ2) is 5.83. The second-order valence-electron chi connectivity index (χ2n) is 5.67. The molecule has 3 heterocycles. The molecule has 0 aromatic carbocycles. The van der Waals surface area contributed by atoms with Crippen LogP contribution in [-0.4, -0.2) is 60.0 Å². The molecule has 6 nitrogen and oxygen atoms in total. The van der Waals surface area contributed by atoms with E-state index in [4.69, 9.17) is 0 Å². The smallest absolute Gasteiger partial charge is 0.246 e. The van der Waals surface area contributed by atoms with Crippen molar-refractivity contribution in [3.8, 4) is 0 Å². The average molecular weight is 298 g/mol. The lowest BCUT2D eigenvalue weighted by Gasteiger charge is -2.39. The van der Waals surface area contributed by atoms with Gasteiger partial charge in [0.15, 0.2) is 0 Å². The number of nitrogens with zero attached hydrogens (tertiary/aromatic N) is 3. The van der Waals surface area contributed by atoms with Crippen molar-refractivity contribution in [2.75, 3.05) is 26.2 Å². The molecule has 7 heteroatoms. The summed E-state index contributed by atoms with van der Waals surface area (Å²) < 4.78 is 26.4. The SMILES string of the molecule is O=S(=O)(c1cn[nH]c1)N1CCC(N2CCCCC2)CC1. The fourth-order valence-corrected chi connectivity index (χ4v) is 4.64. The Labute approximate surface area is 120 Å². The van der Waals surface area contributed by atoms with Gasteiger partial charge in [0.2, 0.25) is 10.0 Å². The minimum atomic E-state index is -3.35. The van der Waals surface area contributed by atoms with Gasteiger partial charge in [0.05, 0.1) is 6.20 Å². The molecule has 0 unspecified atom stereocenters. The molecule has 3 rings (SSSR count). The van der Waals surface area contributed by atoms with Gasteiger partial charge in [0.25, 0.3) is 0 Å². The molecule has 0 spiro atoms. The molecule has 2 saturated heterocycles. The summed E-state index contributed by atoms with van der Waals surface area (Å²) in [4.78, 5) is 2.82. The molecule has 2 fully saturated rings. The first kappa shape index (κ1) is 14.0. The van der Waals surface area contributed by atoms with Gasteiger partial charge in [-0.2, -0.15) is 9.40 Å². The molecule has 0 atom stereocenters. The summed E-state index contributed by atoms with van der Waals surface area (Å²) in [6.07, 6.45) is 8.62. The van der Waals surface area contributed by atoms with Crippen molar-refractivity contribution in [3.63, 3.8) is 0 Å². The summed E-state index contributed by atoms with van der Waals surface area (Å²) in [6.45, 7) is 3.60. The highest BCUT2D eigenvalue weighted by Gasteiger charge is 2.32. The van der Waals surface area contributed by atoms with Crippen molar-refractivity contribution in [3.05, 3.63) is 12.4 Å². The topological polar surface area (TPSA) is 69.3 Å². The third-order valence-electron chi connectivity index (χ3n) is 4.44. The third kappa shape index (κ3) is 2.75. The number of aromatic amines is 1. The van der Waals surface area contributed by atoms with Crippen LogP contribution in [0.25, 0.3) is 0 Å². The van der Waals surface area contributed by atoms with Gasteiger partial charge in [-0.3, -0.25) is 5.10 Å². The molecule has 2 aliphatic heterocycles. The predicted molar refractivity (Wildman–Crippen MR) is 75.8 cm³/mol. The van der Waals surface area contributed by atoms with Gasteiger partial charge in [0, 0.05) is 25.3 Å². The lowest BCUT2D eigenvalue weighted by molar-refractivity contribution is 0.118. The summed E-state index contributed by atoms with van der Waals surface area (Å²) >= 11 is 0. The molecule has 20 heavy (non-hydrogen) atoms. The molecule has 1 N–H and O–H groups in total. The first-order valence-corrected chi connectivity index (χ1v) is 8.85. The Bertz CT molecular complexity index is 515. The Morgan fingerprint density at radius 2 is 1.80 bits per heavy atom. The number of hydrogen-bond donors (Lipinski definition) is 1. The molecule has 0 aliphatic carbocycles. The maximum absolute atomic E-state index is 12.4. The van der Waals surface area contributed by atoms with Crippen molar-refractivity contribution in [2.45, 2.75) is 43.0 Å². The summed E-state index contributed by atoms with van der Waals surface area (Å²) in [5.41, 5.74) is 0. The number of sulfonamides is 1. The summed E-state index contributed by atoms with van der Waals surface area (Å²) in [7, 11) is -3.35. The van der Waals surface area contributed by atoms with Crippen molar-refractivity contribution in [2.24, 2.45) is 0 Å². The molecule has 0 radical (unpaired) electrons. The van der Waals surface area contributed by atoms with E-state index in [0.29, 0.717) is 19.1 Å². The molecule has 1 aromatic rings. The van der Waals surface area contributed by atoms with E-state index in [-0.39, 0.29) is 4.90 Å². The number of rotatable bonds is 3. The predicted octanol–water partition coefficient (Wildman–Crippen LogP) is 1.05. The molecule has 0 saturated carbocycles. The van der Waals surface area contributed by atoms with Crippen LogP contribution >= 0.6 is 0 Å². The Morgan fingerprint density at radius 3 is 2.40 bits per heavy atom. The van der Waals surface area contributed by atoms with Crippen LogP contribution in [0.1, 0.15) is 32.1 Å². The first-order chi connectivity index (χ1) is 9.68. The lowest BCUT2D eigenvalue weighted by atomic mass is 10.0. The van der Waals surface area contributed by atoms with E-state index in [0.717, 1.165) is 12.8 Å². The highest BCUT2D eigenvalue weighted by atomic mass is 32.2. The van der Waals surface area contributed by atoms with Crippen LogP contribution in [-0.2, 0) is 10.0 Å². The van der Waals surface area contributed by atoms with E-state index < -0.39 is 10.0 Å². The molecule has 2 aliphatic rings. The van der Waals surface area contributed by atoms with Crippen molar-refractivity contribution in [1.29, 1.82) is 0 Å². The Balaban J connectivity index is 1.61. The maximum atomic E-state index is 12.4. The van der Waals surface area contributed by atoms with Gasteiger partial charge in [-0.25, -0.2) is 8.42 Å². The van der Waals surface area contributed by atoms with Crippen molar-refractivity contribution >= 4 is 10.0 Å². The van der Waals surface area contributed by atoms with Crippen LogP contribution < -0.4 is 0 Å². The van der Waals surface area contributed by atoms with E-state index in [2.05, 4.69) is 15.1 Å². The quantitative estimate of drug-likeness (QED) is 0.905. The van der Waals surface area contributed by atoms with Crippen LogP contribution in [0, 0.1) is 0 Å². The van der Waals surface area contributed by atoms with Gasteiger partial charge < -0.3 is 4.90 Å². The van der Waals surface area contributed by atoms with Crippen LogP contribution in [0.3, 0.4) is 0 Å². The average Bonchev–Trinajstić information content (AvgIpc) is 3.03. The molecule has 0 bridgehead atoms. The number of hydrogen-bond acceptors (Lipinski definition) is 4. The molecule has 1 aromatic heterocycles. The van der Waals surface area contributed by atoms with Gasteiger partial charge in [0.1, 0.15) is 4.90 Å². The van der Waals surface area contributed by atoms with Crippen LogP contribution in [0.4, 0.5) is 0 Å². The molecular weight excluding hydrogens is 276 g/mol. The van der Waals surface area contributed by atoms with Crippen LogP contribution in [0.2, 0.25) is 0 Å². The second-order valence-corrected chi connectivity index (χ2v) is 7.60. The van der Waals surface area contributed by atoms with E-state index in [9.17, 15) is 8.42 Å². The number of piperidine rings is 2. The summed E-state index contributed by atoms with van der Waals surface area (Å²) in [6, 6.07) is 0.561. The van der Waals surface area contributed by atoms with Crippen LogP contribution in [0.5, 0.6) is 0 Å². The third-order valence-corrected chi connectivity index (χ3v) is 6.31. The standard InChI is InChI=1S/C13H22N4O2S/c18-20(19,13-10-14-15-11-13)17-8-4-12(5-9-17)16-6-2-1-3-7-16/h10-12H,1-9H2,(H,14,15). The highest BCUT2D eigenvalue weighted by molar-refractivity contribution is 7.89. The lowest BCUT2D eigenvalue weighted by Crippen LogP contribution is -2.48. The number of likely N-dealkylation sites (tertiary alicyclic amines) is 1. The zero-order chi connectivity index (χ0) is 14.0. The fourth-order valence-electron chi connectivity index (χ4n) is 3.26. The highest BCUT2D eigenvalue weighted by Crippen LogP contribution is 2.24. The maximum Gasteiger partial charge on any atom is 0.246 e. The van der Waals surface area contributed by atoms with Gasteiger partial charge in [-0.05, 0) is 38.8 Å². The molecule has 112 valence electrons. The fraction of sp³-hybridized carbons (Fsp3) is 0.769. The summed E-state index contributed by atoms with van der Waals surface area (Å²) in [5.74, 6) is 0. The monoisotopic (exact) mass is 298 g/mol. The van der Waals surface area contributed by atoms with Crippen molar-refractivity contribution in [1.82, 2.24) is 19.4 Å². The first-order valence-electron chi connectivity index (χ1n) is 7.41. The minimum Gasteiger partial charge on any atom is -0.300 e. The van der Waals surface area contributed by atoms with E-state index >= 15 is 0 Å². The normalized spacial score (nSPS) is 24.0. The van der Waals surface area contributed by atoms with Gasteiger partial charge in [-0.1, -0.05) is 6.42 Å². The van der Waals surface area contributed by atoms with Gasteiger partial charge in [-0.15, -0.1) is 0 Å². The number of H-pyrrole nitrogens is 1. The Morgan fingerprint density at radius 1 is 1.10 bits per heavy atom. The van der Waals surface area contributed by atoms with E-state index in [1.165, 1.54) is 44.7 Å². The molecular formula is C13H22N4O2S. The zero-order valence-corrected chi connectivity index (χ0v) is 12.5. The molecule has 0 amide bonds. The van der Waals surface area contributed by atoms with E-state index in [1.54, 1.807) is 4.31 Å².